The van der Waals surface area contributed by atoms with Crippen LogP contribution in [-0.2, 0) is 16.1 Å². The molecule has 4 aromatic rings. The van der Waals surface area contributed by atoms with Gasteiger partial charge in [0.05, 0.1) is 30.4 Å². The standard InChI is InChI=1S/C30H28F3N3O5S2/c1-38-28(37)25-11-10-24(43-25)22-15-42-29(34-22)36-17-8-9-18(36)13-19(12-17)39-14-21-26(35-41-27(21)16-6-7-16)20-4-2-3-5-23(20)40-30(31,32)33/h2-5,10-11,15-19H,6-9,12-14H2,1H3. The summed E-state index contributed by atoms with van der Waals surface area (Å²) in [5, 5.41) is 7.19. The van der Waals surface area contributed by atoms with Crippen molar-refractivity contribution in [3.05, 3.63) is 58.0 Å². The van der Waals surface area contributed by atoms with Gasteiger partial charge in [-0.25, -0.2) is 9.78 Å². The normalized spacial score (nSPS) is 21.8. The van der Waals surface area contributed by atoms with Crippen molar-refractivity contribution in [1.29, 1.82) is 0 Å². The first-order valence-corrected chi connectivity index (χ1v) is 15.8. The van der Waals surface area contributed by atoms with Crippen LogP contribution >= 0.6 is 22.7 Å². The molecule has 3 aromatic heterocycles. The minimum Gasteiger partial charge on any atom is -0.465 e. The van der Waals surface area contributed by atoms with Gasteiger partial charge in [0.1, 0.15) is 22.1 Å². The van der Waals surface area contributed by atoms with Gasteiger partial charge in [0.15, 0.2) is 5.13 Å². The molecule has 2 saturated heterocycles. The molecule has 7 rings (SSSR count). The molecule has 2 unspecified atom stereocenters. The second-order valence-electron chi connectivity index (χ2n) is 11.1. The number of rotatable bonds is 9. The zero-order valence-corrected chi connectivity index (χ0v) is 24.8. The summed E-state index contributed by atoms with van der Waals surface area (Å²) in [6.45, 7) is 0.206. The van der Waals surface area contributed by atoms with Crippen LogP contribution in [0.5, 0.6) is 5.75 Å². The molecule has 0 spiro atoms. The van der Waals surface area contributed by atoms with Gasteiger partial charge in [-0.3, -0.25) is 0 Å². The van der Waals surface area contributed by atoms with E-state index in [0.29, 0.717) is 21.9 Å². The van der Waals surface area contributed by atoms with Gasteiger partial charge < -0.3 is 23.6 Å². The summed E-state index contributed by atoms with van der Waals surface area (Å²) in [7, 11) is 1.37. The lowest BCUT2D eigenvalue weighted by atomic mass is 10.00. The molecule has 3 fully saturated rings. The summed E-state index contributed by atoms with van der Waals surface area (Å²) in [5.41, 5.74) is 2.11. The van der Waals surface area contributed by atoms with E-state index in [9.17, 15) is 18.0 Å². The average Bonchev–Trinajstić information content (AvgIpc) is 3.31. The van der Waals surface area contributed by atoms with Gasteiger partial charge >= 0.3 is 12.3 Å². The maximum absolute atomic E-state index is 13.1. The molecular formula is C30H28F3N3O5S2. The number of methoxy groups -OCH3 is 1. The van der Waals surface area contributed by atoms with E-state index in [0.717, 1.165) is 54.2 Å². The van der Waals surface area contributed by atoms with Gasteiger partial charge in [0.2, 0.25) is 0 Å². The number of hydrogen-bond acceptors (Lipinski definition) is 10. The third kappa shape index (κ3) is 5.77. The molecule has 0 N–H and O–H groups in total. The predicted octanol–water partition coefficient (Wildman–Crippen LogP) is 7.81. The van der Waals surface area contributed by atoms with Gasteiger partial charge in [0, 0.05) is 34.5 Å². The minimum atomic E-state index is -4.82. The molecule has 226 valence electrons. The SMILES string of the molecule is COC(=O)c1ccc(-c2csc(N3C4CCC3CC(OCc3c(-c5ccccc5OC(F)(F)F)noc3C3CC3)C4)n2)s1. The van der Waals surface area contributed by atoms with Crippen molar-refractivity contribution in [3.63, 3.8) is 0 Å². The molecule has 13 heteroatoms. The number of ether oxygens (including phenoxy) is 3. The molecule has 1 saturated carbocycles. The second-order valence-corrected chi connectivity index (χ2v) is 13.0. The fraction of sp³-hybridized carbons (Fsp3) is 0.433. The lowest BCUT2D eigenvalue weighted by Crippen LogP contribution is -2.45. The molecule has 1 aromatic carbocycles. The molecule has 5 heterocycles. The number of carbonyl (C=O) groups excluding carboxylic acids is 1. The lowest BCUT2D eigenvalue weighted by molar-refractivity contribution is -0.274. The number of thiazole rings is 1. The molecule has 0 radical (unpaired) electrons. The van der Waals surface area contributed by atoms with Crippen molar-refractivity contribution in [2.75, 3.05) is 12.0 Å². The number of nitrogens with zero attached hydrogens (tertiary/aromatic N) is 3. The summed E-state index contributed by atoms with van der Waals surface area (Å²) >= 11 is 2.97. The summed E-state index contributed by atoms with van der Waals surface area (Å²) in [4.78, 5) is 20.7. The highest BCUT2D eigenvalue weighted by Gasteiger charge is 2.43. The van der Waals surface area contributed by atoms with Crippen LogP contribution < -0.4 is 9.64 Å². The smallest absolute Gasteiger partial charge is 0.465 e. The predicted molar refractivity (Wildman–Crippen MR) is 154 cm³/mol. The fourth-order valence-electron chi connectivity index (χ4n) is 6.17. The van der Waals surface area contributed by atoms with Gasteiger partial charge in [-0.05, 0) is 62.8 Å². The van der Waals surface area contributed by atoms with Crippen LogP contribution in [0.2, 0.25) is 0 Å². The van der Waals surface area contributed by atoms with Crippen LogP contribution in [0.25, 0.3) is 21.8 Å². The molecule has 0 amide bonds. The van der Waals surface area contributed by atoms with Crippen LogP contribution in [0, 0.1) is 0 Å². The number of aromatic nitrogens is 2. The number of benzene rings is 1. The Kier molecular flexibility index (Phi) is 7.42. The molecule has 1 aliphatic carbocycles. The van der Waals surface area contributed by atoms with Crippen LogP contribution in [0.1, 0.15) is 65.4 Å². The molecule has 3 aliphatic rings. The van der Waals surface area contributed by atoms with Gasteiger partial charge in [-0.15, -0.1) is 35.8 Å². The Bertz CT molecular complexity index is 1610. The maximum Gasteiger partial charge on any atom is 0.573 e. The first kappa shape index (κ1) is 28.4. The van der Waals surface area contributed by atoms with Gasteiger partial charge in [0.25, 0.3) is 0 Å². The van der Waals surface area contributed by atoms with Crippen molar-refractivity contribution in [2.24, 2.45) is 0 Å². The van der Waals surface area contributed by atoms with E-state index >= 15 is 0 Å². The number of esters is 1. The van der Waals surface area contributed by atoms with E-state index in [1.54, 1.807) is 29.5 Å². The van der Waals surface area contributed by atoms with Gasteiger partial charge in [-0.2, -0.15) is 0 Å². The Labute approximate surface area is 253 Å². The van der Waals surface area contributed by atoms with E-state index in [4.69, 9.17) is 19.0 Å². The van der Waals surface area contributed by atoms with Crippen LogP contribution in [0.4, 0.5) is 18.3 Å². The van der Waals surface area contributed by atoms with Gasteiger partial charge in [-0.1, -0.05) is 17.3 Å². The third-order valence-electron chi connectivity index (χ3n) is 8.25. The zero-order valence-electron chi connectivity index (χ0n) is 23.1. The molecule has 2 bridgehead atoms. The molecule has 8 nitrogen and oxygen atoms in total. The highest BCUT2D eigenvalue weighted by molar-refractivity contribution is 7.18. The molecule has 43 heavy (non-hydrogen) atoms. The Morgan fingerprint density at radius 1 is 1.09 bits per heavy atom. The van der Waals surface area contributed by atoms with Crippen molar-refractivity contribution in [3.8, 4) is 27.6 Å². The number of thiophene rings is 1. The van der Waals surface area contributed by atoms with Crippen molar-refractivity contribution in [2.45, 2.75) is 75.6 Å². The average molecular weight is 632 g/mol. The highest BCUT2D eigenvalue weighted by atomic mass is 32.1. The monoisotopic (exact) mass is 631 g/mol. The Hall–Kier alpha value is -3.42. The maximum atomic E-state index is 13.1. The van der Waals surface area contributed by atoms with Crippen molar-refractivity contribution < 1.29 is 36.7 Å². The van der Waals surface area contributed by atoms with E-state index in [1.807, 2.05) is 11.4 Å². The third-order valence-corrected chi connectivity index (χ3v) is 10.2. The number of anilines is 1. The van der Waals surface area contributed by atoms with Crippen molar-refractivity contribution in [1.82, 2.24) is 10.1 Å². The molecule has 2 atom stereocenters. The second kappa shape index (κ2) is 11.3. The van der Waals surface area contributed by atoms with Crippen LogP contribution in [0.15, 0.2) is 46.3 Å². The Morgan fingerprint density at radius 3 is 2.58 bits per heavy atom. The lowest BCUT2D eigenvalue weighted by Gasteiger charge is -2.38. The number of piperidine rings is 1. The van der Waals surface area contributed by atoms with E-state index in [1.165, 1.54) is 30.6 Å². The van der Waals surface area contributed by atoms with Crippen LogP contribution in [0.3, 0.4) is 0 Å². The summed E-state index contributed by atoms with van der Waals surface area (Å²) in [6, 6.07) is 10.2. The molecule has 2 aliphatic heterocycles. The number of alkyl halides is 3. The summed E-state index contributed by atoms with van der Waals surface area (Å²) in [5.74, 6) is 0.231. The number of para-hydroxylation sites is 1. The van der Waals surface area contributed by atoms with E-state index in [2.05, 4.69) is 14.8 Å². The Balaban J connectivity index is 1.06. The summed E-state index contributed by atoms with van der Waals surface area (Å²) < 4.78 is 60.7. The molecular weight excluding hydrogens is 603 g/mol. The number of hydrogen-bond donors (Lipinski definition) is 0. The largest absolute Gasteiger partial charge is 0.573 e. The minimum absolute atomic E-state index is 0.00966. The first-order chi connectivity index (χ1) is 20.8. The number of halogens is 3. The summed E-state index contributed by atoms with van der Waals surface area (Å²) in [6.07, 6.45) is 0.805. The van der Waals surface area contributed by atoms with E-state index in [-0.39, 0.29) is 48.0 Å². The topological polar surface area (TPSA) is 86.9 Å². The van der Waals surface area contributed by atoms with E-state index < -0.39 is 6.36 Å². The van der Waals surface area contributed by atoms with Crippen LogP contribution in [-0.4, -0.2) is 47.8 Å². The first-order valence-electron chi connectivity index (χ1n) is 14.1. The fourth-order valence-corrected chi connectivity index (χ4v) is 8.10. The Morgan fingerprint density at radius 2 is 1.86 bits per heavy atom. The zero-order chi connectivity index (χ0) is 29.7. The van der Waals surface area contributed by atoms with Crippen molar-refractivity contribution >= 4 is 33.8 Å². The number of carbonyl (C=O) groups is 1. The number of fused-ring (bicyclic) bond motifs is 2. The highest BCUT2D eigenvalue weighted by Crippen LogP contribution is 2.47. The quantitative estimate of drug-likeness (QED) is 0.173.